The zero-order chi connectivity index (χ0) is 35.2. The van der Waals surface area contributed by atoms with Crippen LogP contribution in [-0.2, 0) is 11.4 Å². The molecule has 2 heterocycles. The van der Waals surface area contributed by atoms with Crippen LogP contribution in [0.15, 0.2) is 81.7 Å². The van der Waals surface area contributed by atoms with E-state index in [-0.39, 0.29) is 23.8 Å². The van der Waals surface area contributed by atoms with Crippen molar-refractivity contribution < 1.29 is 28.7 Å². The van der Waals surface area contributed by atoms with Crippen molar-refractivity contribution in [1.29, 1.82) is 0 Å². The number of allylic oxidation sites excluding steroid dienone is 1. The number of hydrogen-bond acceptors (Lipinski definition) is 10. The lowest BCUT2D eigenvalue weighted by Gasteiger charge is -2.30. The number of rotatable bonds is 13. The van der Waals surface area contributed by atoms with E-state index in [2.05, 4.69) is 0 Å². The number of ether oxygens (including phenoxy) is 4. The Kier molecular flexibility index (Phi) is 10.8. The van der Waals surface area contributed by atoms with Crippen molar-refractivity contribution >= 4 is 29.0 Å². The molecule has 1 atom stereocenters. The molecule has 256 valence electrons. The number of nitro benzene ring substituents is 1. The first kappa shape index (κ1) is 34.9. The third-order valence-electron chi connectivity index (χ3n) is 8.14. The minimum Gasteiger partial charge on any atom is -0.497 e. The second-order valence-electron chi connectivity index (χ2n) is 11.0. The van der Waals surface area contributed by atoms with Crippen molar-refractivity contribution in [2.24, 2.45) is 4.99 Å². The molecule has 1 aliphatic rings. The van der Waals surface area contributed by atoms with Gasteiger partial charge in [0.2, 0.25) is 0 Å². The monoisotopic (exact) mass is 686 g/mol. The minimum absolute atomic E-state index is 0.00390. The Hall–Kier alpha value is -5.43. The summed E-state index contributed by atoms with van der Waals surface area (Å²) in [6.07, 6.45) is 1.76. The molecule has 5 rings (SSSR count). The molecule has 0 unspecified atom stereocenters. The Morgan fingerprint density at radius 3 is 2.33 bits per heavy atom. The highest BCUT2D eigenvalue weighted by molar-refractivity contribution is 7.07. The third kappa shape index (κ3) is 7.21. The molecule has 12 nitrogen and oxygen atoms in total. The van der Waals surface area contributed by atoms with Crippen LogP contribution in [0.3, 0.4) is 0 Å². The first-order valence-corrected chi connectivity index (χ1v) is 16.6. The first-order chi connectivity index (χ1) is 23.6. The number of nitro groups is 1. The minimum atomic E-state index is -0.814. The van der Waals surface area contributed by atoms with Gasteiger partial charge in [0.25, 0.3) is 17.2 Å². The normalized spacial score (nSPS) is 14.2. The highest BCUT2D eigenvalue weighted by Gasteiger charge is 2.36. The summed E-state index contributed by atoms with van der Waals surface area (Å²) in [7, 11) is 3.11. The van der Waals surface area contributed by atoms with Gasteiger partial charge in [-0.25, -0.2) is 4.99 Å². The van der Waals surface area contributed by atoms with E-state index in [4.69, 9.17) is 23.9 Å². The number of non-ortho nitro benzene ring substituents is 1. The number of nitrogens with zero attached hydrogens (tertiary/aromatic N) is 4. The van der Waals surface area contributed by atoms with E-state index in [9.17, 15) is 19.7 Å². The van der Waals surface area contributed by atoms with E-state index in [0.29, 0.717) is 74.4 Å². The van der Waals surface area contributed by atoms with Crippen LogP contribution in [0.5, 0.6) is 23.0 Å². The van der Waals surface area contributed by atoms with Crippen molar-refractivity contribution in [3.8, 4) is 23.0 Å². The molecule has 0 aliphatic carbocycles. The smallest absolute Gasteiger partial charge is 0.271 e. The maximum atomic E-state index is 14.3. The van der Waals surface area contributed by atoms with Crippen molar-refractivity contribution in [3.63, 3.8) is 0 Å². The second kappa shape index (κ2) is 15.2. The lowest BCUT2D eigenvalue weighted by atomic mass is 9.93. The van der Waals surface area contributed by atoms with Gasteiger partial charge >= 0.3 is 0 Å². The number of benzene rings is 3. The van der Waals surface area contributed by atoms with E-state index in [1.54, 1.807) is 79.2 Å². The van der Waals surface area contributed by atoms with Gasteiger partial charge in [-0.2, -0.15) is 0 Å². The predicted molar refractivity (Wildman–Crippen MR) is 186 cm³/mol. The maximum absolute atomic E-state index is 14.3. The van der Waals surface area contributed by atoms with E-state index >= 15 is 0 Å². The Labute approximate surface area is 287 Å². The Bertz CT molecular complexity index is 2080. The molecule has 1 aromatic heterocycles. The number of amides is 1. The fourth-order valence-corrected chi connectivity index (χ4v) is 6.70. The zero-order valence-corrected chi connectivity index (χ0v) is 29.0. The molecule has 49 heavy (non-hydrogen) atoms. The molecule has 1 aliphatic heterocycles. The lowest BCUT2D eigenvalue weighted by molar-refractivity contribution is -0.384. The number of carbonyl (C=O) groups is 1. The van der Waals surface area contributed by atoms with E-state index in [1.165, 1.54) is 23.5 Å². The Morgan fingerprint density at radius 2 is 1.69 bits per heavy atom. The summed E-state index contributed by atoms with van der Waals surface area (Å²) in [4.78, 5) is 45.8. The van der Waals surface area contributed by atoms with Crippen LogP contribution in [0.25, 0.3) is 6.08 Å². The highest BCUT2D eigenvalue weighted by Crippen LogP contribution is 2.38. The molecule has 1 amide bonds. The lowest BCUT2D eigenvalue weighted by Crippen LogP contribution is -2.43. The zero-order valence-electron chi connectivity index (χ0n) is 28.2. The van der Waals surface area contributed by atoms with E-state index in [1.807, 2.05) is 26.8 Å². The second-order valence-corrected chi connectivity index (χ2v) is 12.0. The molecular weight excluding hydrogens is 648 g/mol. The standard InChI is InChI=1S/C36H38N4O8S/c1-7-38(8-2)35(42)32-22(4)37-36-39(33(32)27-20-26(45-5)15-17-28(27)46-6)34(41)31(49-36)19-24-12-16-29(30(18-24)47-9-3)48-21-23-10-13-25(14-11-23)40(43)44/h10-20,33H,7-9,21H2,1-6H3/b31-19+/t33-/m1/s1. The summed E-state index contributed by atoms with van der Waals surface area (Å²) in [5.41, 5.74) is 2.66. The van der Waals surface area contributed by atoms with E-state index in [0.717, 1.165) is 5.56 Å². The number of fused-ring (bicyclic) bond motifs is 1. The maximum Gasteiger partial charge on any atom is 0.271 e. The van der Waals surface area contributed by atoms with Gasteiger partial charge in [-0.1, -0.05) is 17.4 Å². The summed E-state index contributed by atoms with van der Waals surface area (Å²) >= 11 is 1.23. The van der Waals surface area contributed by atoms with Crippen molar-refractivity contribution in [2.45, 2.75) is 40.3 Å². The number of likely N-dealkylation sites (N-methyl/N-ethyl adjacent to an activating group) is 1. The van der Waals surface area contributed by atoms with Crippen LogP contribution < -0.4 is 33.8 Å². The van der Waals surface area contributed by atoms with Gasteiger partial charge in [0.1, 0.15) is 24.1 Å². The average molecular weight is 687 g/mol. The van der Waals surface area contributed by atoms with Gasteiger partial charge < -0.3 is 23.8 Å². The highest BCUT2D eigenvalue weighted by atomic mass is 32.1. The molecular formula is C36H38N4O8S. The van der Waals surface area contributed by atoms with E-state index < -0.39 is 11.0 Å². The van der Waals surface area contributed by atoms with Crippen molar-refractivity contribution in [1.82, 2.24) is 9.47 Å². The van der Waals surface area contributed by atoms with Gasteiger partial charge in [0, 0.05) is 30.8 Å². The number of hydrogen-bond donors (Lipinski definition) is 0. The van der Waals surface area contributed by atoms with Crippen LogP contribution in [0, 0.1) is 10.1 Å². The molecule has 0 saturated carbocycles. The summed E-state index contributed by atoms with van der Waals surface area (Å²) in [5.74, 6) is 1.82. The molecule has 4 aromatic rings. The molecule has 13 heteroatoms. The van der Waals surface area contributed by atoms with Gasteiger partial charge in [0.15, 0.2) is 16.3 Å². The molecule has 0 fully saturated rings. The van der Waals surface area contributed by atoms with Crippen LogP contribution in [0.1, 0.15) is 50.4 Å². The summed E-state index contributed by atoms with van der Waals surface area (Å²) in [5, 5.41) is 11.0. The molecule has 0 radical (unpaired) electrons. The largest absolute Gasteiger partial charge is 0.497 e. The number of carbonyl (C=O) groups excluding carboxylic acids is 1. The average Bonchev–Trinajstić information content (AvgIpc) is 3.41. The van der Waals surface area contributed by atoms with Gasteiger partial charge in [-0.3, -0.25) is 24.3 Å². The summed E-state index contributed by atoms with van der Waals surface area (Å²) in [6, 6.07) is 16.0. The van der Waals surface area contributed by atoms with Crippen molar-refractivity contribution in [3.05, 3.63) is 118 Å². The molecule has 3 aromatic carbocycles. The number of methoxy groups -OCH3 is 2. The molecule has 0 spiro atoms. The van der Waals surface area contributed by atoms with Crippen LogP contribution in [0.2, 0.25) is 0 Å². The molecule has 0 N–H and O–H groups in total. The quantitative estimate of drug-likeness (QED) is 0.142. The predicted octanol–water partition coefficient (Wildman–Crippen LogP) is 5.01. The van der Waals surface area contributed by atoms with Crippen molar-refractivity contribution in [2.75, 3.05) is 33.9 Å². The third-order valence-corrected chi connectivity index (χ3v) is 9.12. The molecule has 0 bridgehead atoms. The van der Waals surface area contributed by atoms with Crippen LogP contribution >= 0.6 is 11.3 Å². The van der Waals surface area contributed by atoms with Crippen LogP contribution in [0.4, 0.5) is 5.69 Å². The van der Waals surface area contributed by atoms with Gasteiger partial charge in [0.05, 0.1) is 41.6 Å². The Morgan fingerprint density at radius 1 is 0.980 bits per heavy atom. The van der Waals surface area contributed by atoms with Crippen LogP contribution in [-0.4, -0.2) is 54.2 Å². The number of aromatic nitrogens is 1. The first-order valence-electron chi connectivity index (χ1n) is 15.8. The topological polar surface area (TPSA) is 135 Å². The SMILES string of the molecule is CCOc1cc(/C=c2/sc3n(c2=O)[C@H](c2cc(OC)ccc2OC)C(C(=O)N(CC)CC)=C(C)N=3)ccc1OCc1ccc([N+](=O)[O-])cc1. The van der Waals surface area contributed by atoms with Gasteiger partial charge in [-0.15, -0.1) is 0 Å². The van der Waals surface area contributed by atoms with Gasteiger partial charge in [-0.05, 0) is 87.4 Å². The number of thiazole rings is 1. The Balaban J connectivity index is 1.58. The summed E-state index contributed by atoms with van der Waals surface area (Å²) < 4.78 is 25.1. The molecule has 0 saturated heterocycles. The summed E-state index contributed by atoms with van der Waals surface area (Å²) in [6.45, 7) is 9.02. The fraction of sp³-hybridized carbons (Fsp3) is 0.306. The fourth-order valence-electron chi connectivity index (χ4n) is 5.65.